The zero-order chi connectivity index (χ0) is 21.6. The van der Waals surface area contributed by atoms with Gasteiger partial charge in [-0.2, -0.15) is 4.31 Å². The Labute approximate surface area is 177 Å². The van der Waals surface area contributed by atoms with Gasteiger partial charge in [0.2, 0.25) is 16.0 Å². The van der Waals surface area contributed by atoms with E-state index in [0.717, 1.165) is 18.4 Å². The standard InChI is InChI=1S/C19H31N5O5S/c1-2-3-4-5-16-14-20-18(21-15-16)23-8-10-24(11-9-23)30(27,28)19(17(25)22-26)6-12-29-13-7-19/h14-15,26H,2-13H2,1H3,(H,22,25). The Balaban J connectivity index is 1.64. The number of nitrogens with zero attached hydrogens (tertiary/aromatic N) is 4. The molecule has 0 saturated carbocycles. The van der Waals surface area contributed by atoms with E-state index in [-0.39, 0.29) is 39.1 Å². The SMILES string of the molecule is CCCCCc1cnc(N2CCN(S(=O)(=O)C3(C(=O)NO)CCOCC3)CC2)nc1. The highest BCUT2D eigenvalue weighted by atomic mass is 32.2. The zero-order valence-corrected chi connectivity index (χ0v) is 18.2. The number of piperazine rings is 1. The average Bonchev–Trinajstić information content (AvgIpc) is 2.79. The molecule has 10 nitrogen and oxygen atoms in total. The largest absolute Gasteiger partial charge is 0.381 e. The van der Waals surface area contributed by atoms with Crippen LogP contribution < -0.4 is 10.4 Å². The van der Waals surface area contributed by atoms with Gasteiger partial charge >= 0.3 is 0 Å². The smallest absolute Gasteiger partial charge is 0.266 e. The summed E-state index contributed by atoms with van der Waals surface area (Å²) in [7, 11) is -3.97. The van der Waals surface area contributed by atoms with Gasteiger partial charge in [0, 0.05) is 64.6 Å². The monoisotopic (exact) mass is 441 g/mol. The fourth-order valence-corrected chi connectivity index (χ4v) is 6.10. The molecule has 0 aliphatic carbocycles. The molecule has 1 aromatic rings. The molecule has 11 heteroatoms. The van der Waals surface area contributed by atoms with Crippen LogP contribution in [0, 0.1) is 0 Å². The number of rotatable bonds is 8. The van der Waals surface area contributed by atoms with Crippen LogP contribution in [0.3, 0.4) is 0 Å². The molecular weight excluding hydrogens is 410 g/mol. The summed E-state index contributed by atoms with van der Waals surface area (Å²) in [6.07, 6.45) is 8.13. The summed E-state index contributed by atoms with van der Waals surface area (Å²) in [6, 6.07) is 0. The number of amides is 1. The van der Waals surface area contributed by atoms with Crippen LogP contribution in [0.2, 0.25) is 0 Å². The first-order chi connectivity index (χ1) is 14.4. The molecule has 0 aromatic carbocycles. The molecule has 30 heavy (non-hydrogen) atoms. The third kappa shape index (κ3) is 4.58. The van der Waals surface area contributed by atoms with Crippen LogP contribution in [0.5, 0.6) is 0 Å². The van der Waals surface area contributed by atoms with Gasteiger partial charge in [0.05, 0.1) is 0 Å². The second kappa shape index (κ2) is 9.99. The maximum Gasteiger partial charge on any atom is 0.266 e. The normalized spacial score (nSPS) is 20.1. The van der Waals surface area contributed by atoms with E-state index in [2.05, 4.69) is 16.9 Å². The van der Waals surface area contributed by atoms with Crippen LogP contribution >= 0.6 is 0 Å². The van der Waals surface area contributed by atoms with Crippen LogP contribution in [0.15, 0.2) is 12.4 Å². The molecule has 1 amide bonds. The van der Waals surface area contributed by atoms with Gasteiger partial charge in [0.15, 0.2) is 4.75 Å². The zero-order valence-electron chi connectivity index (χ0n) is 17.4. The molecule has 2 saturated heterocycles. The van der Waals surface area contributed by atoms with E-state index in [1.165, 1.54) is 17.1 Å². The van der Waals surface area contributed by atoms with E-state index in [1.807, 2.05) is 17.3 Å². The van der Waals surface area contributed by atoms with Crippen LogP contribution in [-0.4, -0.2) is 77.9 Å². The van der Waals surface area contributed by atoms with Crippen molar-refractivity contribution in [2.45, 2.75) is 50.2 Å². The second-order valence-electron chi connectivity index (χ2n) is 7.79. The Morgan fingerprint density at radius 1 is 1.17 bits per heavy atom. The van der Waals surface area contributed by atoms with Crippen LogP contribution in [0.25, 0.3) is 0 Å². The number of aromatic nitrogens is 2. The Kier molecular flexibility index (Phi) is 7.61. The van der Waals surface area contributed by atoms with Crippen molar-refractivity contribution in [2.75, 3.05) is 44.3 Å². The molecule has 0 atom stereocenters. The van der Waals surface area contributed by atoms with Gasteiger partial charge in [-0.25, -0.2) is 23.9 Å². The number of unbranched alkanes of at least 4 members (excludes halogenated alkanes) is 2. The second-order valence-corrected chi connectivity index (χ2v) is 10.0. The number of hydrogen-bond donors (Lipinski definition) is 2. The van der Waals surface area contributed by atoms with Gasteiger partial charge in [0.25, 0.3) is 5.91 Å². The predicted molar refractivity (Wildman–Crippen MR) is 111 cm³/mol. The number of hydrogen-bond acceptors (Lipinski definition) is 8. The average molecular weight is 442 g/mol. The van der Waals surface area contributed by atoms with Gasteiger partial charge in [0.1, 0.15) is 0 Å². The fraction of sp³-hybridized carbons (Fsp3) is 0.737. The molecule has 0 bridgehead atoms. The van der Waals surface area contributed by atoms with Gasteiger partial charge < -0.3 is 9.64 Å². The highest BCUT2D eigenvalue weighted by molar-refractivity contribution is 7.91. The van der Waals surface area contributed by atoms with E-state index in [9.17, 15) is 13.2 Å². The molecule has 0 unspecified atom stereocenters. The third-order valence-electron chi connectivity index (χ3n) is 5.93. The van der Waals surface area contributed by atoms with E-state index in [1.54, 1.807) is 5.48 Å². The molecule has 2 aliphatic rings. The molecule has 2 aliphatic heterocycles. The molecule has 0 radical (unpaired) electrons. The highest BCUT2D eigenvalue weighted by Crippen LogP contribution is 2.33. The van der Waals surface area contributed by atoms with E-state index in [4.69, 9.17) is 9.94 Å². The number of carbonyl (C=O) groups excluding carboxylic acids is 1. The maximum atomic E-state index is 13.3. The van der Waals surface area contributed by atoms with Crippen molar-refractivity contribution >= 4 is 21.9 Å². The van der Waals surface area contributed by atoms with Gasteiger partial charge in [-0.3, -0.25) is 10.0 Å². The van der Waals surface area contributed by atoms with Crippen molar-refractivity contribution in [2.24, 2.45) is 0 Å². The summed E-state index contributed by atoms with van der Waals surface area (Å²) in [6.45, 7) is 3.80. The number of carbonyl (C=O) groups is 1. The van der Waals surface area contributed by atoms with Crippen molar-refractivity contribution in [3.05, 3.63) is 18.0 Å². The number of aryl methyl sites for hydroxylation is 1. The molecule has 2 fully saturated rings. The molecule has 3 heterocycles. The summed E-state index contributed by atoms with van der Waals surface area (Å²) in [5, 5.41) is 9.15. The first kappa shape index (κ1) is 22.9. The molecule has 1 aromatic heterocycles. The first-order valence-electron chi connectivity index (χ1n) is 10.5. The lowest BCUT2D eigenvalue weighted by Gasteiger charge is -2.41. The highest BCUT2D eigenvalue weighted by Gasteiger charge is 2.54. The van der Waals surface area contributed by atoms with Gasteiger partial charge in [-0.1, -0.05) is 19.8 Å². The summed E-state index contributed by atoms with van der Waals surface area (Å²) in [4.78, 5) is 23.2. The van der Waals surface area contributed by atoms with Crippen molar-refractivity contribution in [3.63, 3.8) is 0 Å². The number of sulfonamides is 1. The van der Waals surface area contributed by atoms with Crippen LogP contribution in [0.1, 0.15) is 44.6 Å². The summed E-state index contributed by atoms with van der Waals surface area (Å²) >= 11 is 0. The van der Waals surface area contributed by atoms with E-state index < -0.39 is 20.7 Å². The lowest BCUT2D eigenvalue weighted by atomic mass is 9.98. The summed E-state index contributed by atoms with van der Waals surface area (Å²) in [5.74, 6) is -0.310. The minimum Gasteiger partial charge on any atom is -0.381 e. The quantitative estimate of drug-likeness (QED) is 0.343. The third-order valence-corrected chi connectivity index (χ3v) is 8.56. The molecule has 168 valence electrons. The number of nitrogens with one attached hydrogen (secondary N) is 1. The molecule has 2 N–H and O–H groups in total. The molecular formula is C19H31N5O5S. The Morgan fingerprint density at radius 2 is 1.80 bits per heavy atom. The van der Waals surface area contributed by atoms with Crippen molar-refractivity contribution in [1.82, 2.24) is 19.8 Å². The van der Waals surface area contributed by atoms with Gasteiger partial charge in [-0.15, -0.1) is 0 Å². The first-order valence-corrected chi connectivity index (χ1v) is 12.0. The minimum absolute atomic E-state index is 0.0184. The summed E-state index contributed by atoms with van der Waals surface area (Å²) in [5.41, 5.74) is 2.65. The topological polar surface area (TPSA) is 125 Å². The Morgan fingerprint density at radius 3 is 2.37 bits per heavy atom. The van der Waals surface area contributed by atoms with Gasteiger partial charge in [-0.05, 0) is 18.4 Å². The van der Waals surface area contributed by atoms with Crippen LogP contribution in [-0.2, 0) is 26.0 Å². The molecule has 3 rings (SSSR count). The Hall–Kier alpha value is -1.82. The van der Waals surface area contributed by atoms with Crippen molar-refractivity contribution in [3.8, 4) is 0 Å². The van der Waals surface area contributed by atoms with E-state index >= 15 is 0 Å². The summed E-state index contributed by atoms with van der Waals surface area (Å²) < 4.78 is 31.5. The Bertz CT molecular complexity index is 803. The predicted octanol–water partition coefficient (Wildman–Crippen LogP) is 0.716. The minimum atomic E-state index is -3.97. The van der Waals surface area contributed by atoms with Crippen LogP contribution in [0.4, 0.5) is 5.95 Å². The van der Waals surface area contributed by atoms with E-state index in [0.29, 0.717) is 19.0 Å². The van der Waals surface area contributed by atoms with Crippen molar-refractivity contribution < 1.29 is 23.2 Å². The number of anilines is 1. The number of hydroxylamine groups is 1. The molecule has 0 spiro atoms. The van der Waals surface area contributed by atoms with Crippen molar-refractivity contribution in [1.29, 1.82) is 0 Å². The lowest BCUT2D eigenvalue weighted by molar-refractivity contribution is -0.134. The fourth-order valence-electron chi connectivity index (χ4n) is 4.00. The number of ether oxygens (including phenoxy) is 1. The maximum absolute atomic E-state index is 13.3. The lowest BCUT2D eigenvalue weighted by Crippen LogP contribution is -2.62.